The van der Waals surface area contributed by atoms with Crippen molar-refractivity contribution in [2.45, 2.75) is 6.43 Å². The number of methoxy groups -OCH3 is 3. The number of benzene rings is 2. The van der Waals surface area contributed by atoms with Crippen LogP contribution in [0.1, 0.15) is 20.8 Å². The molecule has 3 rings (SSSR count). The average Bonchev–Trinajstić information content (AvgIpc) is 3.22. The molecule has 0 saturated heterocycles. The van der Waals surface area contributed by atoms with Crippen LogP contribution < -0.4 is 9.47 Å². The highest BCUT2D eigenvalue weighted by atomic mass is 19.3. The van der Waals surface area contributed by atoms with E-state index in [0.717, 1.165) is 0 Å². The molecule has 0 N–H and O–H groups in total. The fourth-order valence-corrected chi connectivity index (χ4v) is 3.04. The molecule has 0 aliphatic carbocycles. The van der Waals surface area contributed by atoms with Crippen LogP contribution in [0.5, 0.6) is 11.5 Å². The minimum Gasteiger partial charge on any atom is -0.493 e. The van der Waals surface area contributed by atoms with Crippen LogP contribution in [0.25, 0.3) is 16.9 Å². The molecule has 1 aromatic heterocycles. The van der Waals surface area contributed by atoms with Gasteiger partial charge in [-0.25, -0.2) is 23.1 Å². The lowest BCUT2D eigenvalue weighted by molar-refractivity contribution is 0.0549. The Hall–Kier alpha value is -3.95. The number of ether oxygens (including phenoxy) is 4. The van der Waals surface area contributed by atoms with Crippen LogP contribution >= 0.6 is 0 Å². The number of aromatic nitrogens is 2. The number of rotatable bonds is 8. The quantitative estimate of drug-likeness (QED) is 0.487. The van der Waals surface area contributed by atoms with E-state index in [9.17, 15) is 18.4 Å². The van der Waals surface area contributed by atoms with Crippen LogP contribution in [-0.4, -0.2) is 56.1 Å². The number of carbonyl (C=O) groups excluding carboxylic acids is 2. The fraction of sp³-hybridized carbons (Fsp3) is 0.227. The first-order chi connectivity index (χ1) is 15.4. The van der Waals surface area contributed by atoms with Crippen molar-refractivity contribution in [1.29, 1.82) is 0 Å². The van der Waals surface area contributed by atoms with Crippen molar-refractivity contribution in [3.63, 3.8) is 0 Å². The summed E-state index contributed by atoms with van der Waals surface area (Å²) in [5.41, 5.74) is 0.739. The van der Waals surface area contributed by atoms with Gasteiger partial charge in [0.2, 0.25) is 0 Å². The van der Waals surface area contributed by atoms with Crippen molar-refractivity contribution in [1.82, 2.24) is 9.78 Å². The van der Waals surface area contributed by atoms with E-state index < -0.39 is 25.0 Å². The highest BCUT2D eigenvalue weighted by molar-refractivity contribution is 6.06. The maximum atomic E-state index is 12.7. The minimum atomic E-state index is -2.66. The highest BCUT2D eigenvalue weighted by Crippen LogP contribution is 2.35. The summed E-state index contributed by atoms with van der Waals surface area (Å²) in [5, 5.41) is 4.47. The summed E-state index contributed by atoms with van der Waals surface area (Å²) in [6.07, 6.45) is -2.66. The molecule has 8 nitrogen and oxygen atoms in total. The molecule has 0 unspecified atom stereocenters. The van der Waals surface area contributed by atoms with E-state index in [2.05, 4.69) is 5.10 Å². The molecule has 0 aliphatic rings. The molecule has 0 radical (unpaired) electrons. The summed E-state index contributed by atoms with van der Waals surface area (Å²) in [6, 6.07) is 13.1. The molecular weight excluding hydrogens is 426 g/mol. The van der Waals surface area contributed by atoms with E-state index in [4.69, 9.17) is 18.9 Å². The Kier molecular flexibility index (Phi) is 7.04. The molecule has 2 aromatic carbocycles. The number of nitrogens with zero attached hydrogens (tertiary/aromatic N) is 2. The Morgan fingerprint density at radius 3 is 2.25 bits per heavy atom. The maximum absolute atomic E-state index is 12.7. The average molecular weight is 446 g/mol. The van der Waals surface area contributed by atoms with Gasteiger partial charge >= 0.3 is 11.9 Å². The molecule has 0 atom stereocenters. The predicted octanol–water partition coefficient (Wildman–Crippen LogP) is 3.77. The van der Waals surface area contributed by atoms with E-state index in [1.807, 2.05) is 0 Å². The fourth-order valence-electron chi connectivity index (χ4n) is 3.04. The number of alkyl halides is 2. The Morgan fingerprint density at radius 1 is 0.969 bits per heavy atom. The van der Waals surface area contributed by atoms with Gasteiger partial charge in [-0.1, -0.05) is 18.2 Å². The molecule has 0 saturated carbocycles. The molecule has 10 heteroatoms. The van der Waals surface area contributed by atoms with Crippen molar-refractivity contribution in [2.24, 2.45) is 0 Å². The van der Waals surface area contributed by atoms with Gasteiger partial charge in [-0.05, 0) is 30.3 Å². The van der Waals surface area contributed by atoms with E-state index in [1.165, 1.54) is 44.2 Å². The summed E-state index contributed by atoms with van der Waals surface area (Å²) in [7, 11) is 3.70. The van der Waals surface area contributed by atoms with E-state index in [1.54, 1.807) is 30.3 Å². The van der Waals surface area contributed by atoms with Crippen LogP contribution in [0.3, 0.4) is 0 Å². The molecule has 3 aromatic rings. The highest BCUT2D eigenvalue weighted by Gasteiger charge is 2.31. The van der Waals surface area contributed by atoms with Crippen LogP contribution in [0, 0.1) is 0 Å². The van der Waals surface area contributed by atoms with Gasteiger partial charge in [-0.3, -0.25) is 0 Å². The number of esters is 2. The van der Waals surface area contributed by atoms with Crippen molar-refractivity contribution in [2.75, 3.05) is 27.9 Å². The van der Waals surface area contributed by atoms with Gasteiger partial charge in [0, 0.05) is 5.56 Å². The molecule has 0 spiro atoms. The van der Waals surface area contributed by atoms with Gasteiger partial charge in [-0.15, -0.1) is 0 Å². The lowest BCUT2D eigenvalue weighted by Crippen LogP contribution is -2.15. The Bertz CT molecular complexity index is 1120. The lowest BCUT2D eigenvalue weighted by atomic mass is 10.0. The van der Waals surface area contributed by atoms with Gasteiger partial charge in [0.15, 0.2) is 17.2 Å². The van der Waals surface area contributed by atoms with Crippen molar-refractivity contribution >= 4 is 11.9 Å². The molecule has 32 heavy (non-hydrogen) atoms. The largest absolute Gasteiger partial charge is 0.493 e. The van der Waals surface area contributed by atoms with Gasteiger partial charge in [0.05, 0.1) is 27.0 Å². The number of hydrogen-bond acceptors (Lipinski definition) is 7. The molecule has 0 amide bonds. The second kappa shape index (κ2) is 9.90. The number of carbonyl (C=O) groups is 2. The van der Waals surface area contributed by atoms with Crippen molar-refractivity contribution in [3.05, 3.63) is 59.8 Å². The molecule has 0 aliphatic heterocycles. The molecule has 0 fully saturated rings. The summed E-state index contributed by atoms with van der Waals surface area (Å²) >= 11 is 0. The zero-order chi connectivity index (χ0) is 23.3. The van der Waals surface area contributed by atoms with E-state index >= 15 is 0 Å². The standard InChI is InChI=1S/C22H20F2N2O6/c1-29-16-11-13(9-10-15(16)32-12-17(23)24)19-18(21(27)30-2)20(22(28)31-3)26(25-19)14-7-5-4-6-8-14/h4-11,17H,12H2,1-3H3. The van der Waals surface area contributed by atoms with Crippen LogP contribution in [-0.2, 0) is 9.47 Å². The van der Waals surface area contributed by atoms with Crippen LogP contribution in [0.2, 0.25) is 0 Å². The third-order valence-electron chi connectivity index (χ3n) is 4.46. The van der Waals surface area contributed by atoms with E-state index in [-0.39, 0.29) is 28.5 Å². The van der Waals surface area contributed by atoms with Crippen molar-refractivity contribution < 1.29 is 37.3 Å². The van der Waals surface area contributed by atoms with Gasteiger partial charge < -0.3 is 18.9 Å². The monoisotopic (exact) mass is 446 g/mol. The van der Waals surface area contributed by atoms with E-state index in [0.29, 0.717) is 11.3 Å². The first kappa shape index (κ1) is 22.7. The van der Waals surface area contributed by atoms with Crippen LogP contribution in [0.15, 0.2) is 48.5 Å². The van der Waals surface area contributed by atoms with Gasteiger partial charge in [0.1, 0.15) is 17.9 Å². The smallest absolute Gasteiger partial charge is 0.357 e. The summed E-state index contributed by atoms with van der Waals surface area (Å²) in [4.78, 5) is 25.3. The maximum Gasteiger partial charge on any atom is 0.357 e. The first-order valence-corrected chi connectivity index (χ1v) is 9.35. The molecular formula is C22H20F2N2O6. The third-order valence-corrected chi connectivity index (χ3v) is 4.46. The van der Waals surface area contributed by atoms with Gasteiger partial charge in [0.25, 0.3) is 6.43 Å². The topological polar surface area (TPSA) is 88.9 Å². The summed E-state index contributed by atoms with van der Waals surface area (Å²) < 4.78 is 46.4. The number of hydrogen-bond donors (Lipinski definition) is 0. The van der Waals surface area contributed by atoms with Gasteiger partial charge in [-0.2, -0.15) is 5.10 Å². The SMILES string of the molecule is COC(=O)c1c(-c2ccc(OCC(F)F)c(OC)c2)nn(-c2ccccc2)c1C(=O)OC. The predicted molar refractivity (Wildman–Crippen MR) is 110 cm³/mol. The molecule has 168 valence electrons. The zero-order valence-corrected chi connectivity index (χ0v) is 17.5. The summed E-state index contributed by atoms with van der Waals surface area (Å²) in [6.45, 7) is -0.807. The minimum absolute atomic E-state index is 0.0897. The summed E-state index contributed by atoms with van der Waals surface area (Å²) in [5.74, 6) is -1.36. The number of halogens is 2. The van der Waals surface area contributed by atoms with Crippen LogP contribution in [0.4, 0.5) is 8.78 Å². The third kappa shape index (κ3) is 4.53. The molecule has 1 heterocycles. The Balaban J connectivity index is 2.23. The van der Waals surface area contributed by atoms with Crippen molar-refractivity contribution in [3.8, 4) is 28.4 Å². The molecule has 0 bridgehead atoms. The zero-order valence-electron chi connectivity index (χ0n) is 17.5. The Labute approximate surface area is 182 Å². The lowest BCUT2D eigenvalue weighted by Gasteiger charge is -2.11. The second-order valence-electron chi connectivity index (χ2n) is 6.37. The normalized spacial score (nSPS) is 10.7. The first-order valence-electron chi connectivity index (χ1n) is 9.35. The second-order valence-corrected chi connectivity index (χ2v) is 6.37. The Morgan fingerprint density at radius 2 is 1.66 bits per heavy atom. The number of para-hydroxylation sites is 1.